The van der Waals surface area contributed by atoms with Gasteiger partial charge in [0.2, 0.25) is 0 Å². The van der Waals surface area contributed by atoms with Crippen molar-refractivity contribution >= 4 is 6.21 Å². The quantitative estimate of drug-likeness (QED) is 0.703. The van der Waals surface area contributed by atoms with Crippen LogP contribution in [0.15, 0.2) is 59.6 Å². The van der Waals surface area contributed by atoms with Crippen molar-refractivity contribution in [1.29, 1.82) is 0 Å². The van der Waals surface area contributed by atoms with E-state index in [9.17, 15) is 4.39 Å². The zero-order valence-corrected chi connectivity index (χ0v) is 9.68. The summed E-state index contributed by atoms with van der Waals surface area (Å²) in [6, 6.07) is 16.6. The lowest BCUT2D eigenvalue weighted by Crippen LogP contribution is -1.92. The topological polar surface area (TPSA) is 12.4 Å². The monoisotopic (exact) mass is 227 g/mol. The van der Waals surface area contributed by atoms with Gasteiger partial charge >= 0.3 is 0 Å². The summed E-state index contributed by atoms with van der Waals surface area (Å²) in [7, 11) is 0. The number of benzene rings is 2. The highest BCUT2D eigenvalue weighted by Gasteiger charge is 2.01. The molecular formula is C15H14FN. The van der Waals surface area contributed by atoms with Crippen molar-refractivity contribution in [2.45, 2.75) is 13.0 Å². The molecule has 0 saturated heterocycles. The van der Waals surface area contributed by atoms with Crippen LogP contribution in [0.3, 0.4) is 0 Å². The van der Waals surface area contributed by atoms with E-state index < -0.39 is 0 Å². The van der Waals surface area contributed by atoms with Crippen molar-refractivity contribution in [3.8, 4) is 0 Å². The SMILES string of the molecule is C[C@H](/N=C/c1ccccc1F)c1ccccc1. The molecule has 2 rings (SSSR count). The van der Waals surface area contributed by atoms with Crippen LogP contribution in [0, 0.1) is 5.82 Å². The molecule has 0 amide bonds. The minimum absolute atomic E-state index is 0.0378. The van der Waals surface area contributed by atoms with E-state index in [0.29, 0.717) is 5.56 Å². The third-order valence-corrected chi connectivity index (χ3v) is 2.62. The molecule has 0 heterocycles. The number of aliphatic imine (C=N–C) groups is 1. The van der Waals surface area contributed by atoms with E-state index in [-0.39, 0.29) is 11.9 Å². The molecule has 0 aliphatic rings. The van der Waals surface area contributed by atoms with E-state index in [1.807, 2.05) is 37.3 Å². The Balaban J connectivity index is 2.14. The second kappa shape index (κ2) is 5.39. The number of nitrogens with zero attached hydrogens (tertiary/aromatic N) is 1. The van der Waals surface area contributed by atoms with Gasteiger partial charge in [0.05, 0.1) is 6.04 Å². The Bertz CT molecular complexity index is 505. The molecule has 2 aromatic carbocycles. The maximum Gasteiger partial charge on any atom is 0.131 e. The zero-order valence-electron chi connectivity index (χ0n) is 9.68. The molecule has 0 spiro atoms. The van der Waals surface area contributed by atoms with Gasteiger partial charge in [-0.15, -0.1) is 0 Å². The Kier molecular flexibility index (Phi) is 3.66. The fraction of sp³-hybridized carbons (Fsp3) is 0.133. The Morgan fingerprint density at radius 1 is 1.00 bits per heavy atom. The van der Waals surface area contributed by atoms with Gasteiger partial charge in [-0.05, 0) is 18.6 Å². The Morgan fingerprint density at radius 3 is 2.35 bits per heavy atom. The smallest absolute Gasteiger partial charge is 0.131 e. The third-order valence-electron chi connectivity index (χ3n) is 2.62. The molecule has 86 valence electrons. The zero-order chi connectivity index (χ0) is 12.1. The normalized spacial score (nSPS) is 12.8. The fourth-order valence-electron chi connectivity index (χ4n) is 1.59. The molecule has 0 fully saturated rings. The lowest BCUT2D eigenvalue weighted by molar-refractivity contribution is 0.625. The highest BCUT2D eigenvalue weighted by Crippen LogP contribution is 2.16. The van der Waals surface area contributed by atoms with Crippen molar-refractivity contribution in [2.24, 2.45) is 4.99 Å². The second-order valence-corrected chi connectivity index (χ2v) is 3.89. The van der Waals surface area contributed by atoms with Gasteiger partial charge < -0.3 is 0 Å². The first-order valence-corrected chi connectivity index (χ1v) is 5.60. The summed E-state index contributed by atoms with van der Waals surface area (Å²) in [6.45, 7) is 1.99. The molecule has 1 nitrogen and oxygen atoms in total. The molecule has 0 saturated carbocycles. The molecule has 2 heteroatoms. The maximum absolute atomic E-state index is 13.4. The van der Waals surface area contributed by atoms with Gasteiger partial charge in [-0.3, -0.25) is 4.99 Å². The second-order valence-electron chi connectivity index (χ2n) is 3.89. The Morgan fingerprint density at radius 2 is 1.65 bits per heavy atom. The molecule has 0 aliphatic heterocycles. The van der Waals surface area contributed by atoms with E-state index in [1.54, 1.807) is 24.4 Å². The molecule has 2 aromatic rings. The first kappa shape index (κ1) is 11.5. The predicted molar refractivity (Wildman–Crippen MR) is 68.9 cm³/mol. The molecule has 1 atom stereocenters. The van der Waals surface area contributed by atoms with Gasteiger partial charge in [0, 0.05) is 11.8 Å². The first-order chi connectivity index (χ1) is 8.27. The molecular weight excluding hydrogens is 213 g/mol. The number of rotatable bonds is 3. The Labute approximate surface area is 101 Å². The number of halogens is 1. The van der Waals surface area contributed by atoms with E-state index in [4.69, 9.17) is 0 Å². The molecule has 0 unspecified atom stereocenters. The summed E-state index contributed by atoms with van der Waals surface area (Å²) >= 11 is 0. The minimum atomic E-state index is -0.239. The van der Waals surface area contributed by atoms with Crippen LogP contribution in [-0.4, -0.2) is 6.21 Å². The molecule has 0 aromatic heterocycles. The van der Waals surface area contributed by atoms with Crippen LogP contribution < -0.4 is 0 Å². The van der Waals surface area contributed by atoms with E-state index in [2.05, 4.69) is 4.99 Å². The van der Waals surface area contributed by atoms with Crippen LogP contribution in [0.4, 0.5) is 4.39 Å². The summed E-state index contributed by atoms with van der Waals surface area (Å²) in [6.07, 6.45) is 1.59. The molecule has 0 N–H and O–H groups in total. The predicted octanol–water partition coefficient (Wildman–Crippen LogP) is 4.01. The van der Waals surface area contributed by atoms with Crippen LogP contribution in [0.5, 0.6) is 0 Å². The van der Waals surface area contributed by atoms with Crippen molar-refractivity contribution in [3.05, 3.63) is 71.5 Å². The van der Waals surface area contributed by atoms with Gasteiger partial charge in [-0.25, -0.2) is 4.39 Å². The first-order valence-electron chi connectivity index (χ1n) is 5.60. The van der Waals surface area contributed by atoms with Gasteiger partial charge in [0.25, 0.3) is 0 Å². The standard InChI is InChI=1S/C15H14FN/c1-12(13-7-3-2-4-8-13)17-11-14-9-5-6-10-15(14)16/h2-12H,1H3/b17-11+/t12-/m0/s1. The summed E-state index contributed by atoms with van der Waals surface area (Å²) in [5, 5.41) is 0. The van der Waals surface area contributed by atoms with Crippen molar-refractivity contribution in [1.82, 2.24) is 0 Å². The average molecular weight is 227 g/mol. The van der Waals surface area contributed by atoms with Gasteiger partial charge in [-0.2, -0.15) is 0 Å². The van der Waals surface area contributed by atoms with Gasteiger partial charge in [0.15, 0.2) is 0 Å². The van der Waals surface area contributed by atoms with Crippen LogP contribution >= 0.6 is 0 Å². The van der Waals surface area contributed by atoms with Crippen molar-refractivity contribution < 1.29 is 4.39 Å². The average Bonchev–Trinajstić information content (AvgIpc) is 2.38. The highest BCUT2D eigenvalue weighted by atomic mass is 19.1. The fourth-order valence-corrected chi connectivity index (χ4v) is 1.59. The largest absolute Gasteiger partial charge is 0.285 e. The minimum Gasteiger partial charge on any atom is -0.285 e. The third kappa shape index (κ3) is 3.00. The lowest BCUT2D eigenvalue weighted by Gasteiger charge is -2.05. The van der Waals surface area contributed by atoms with Gasteiger partial charge in [-0.1, -0.05) is 48.5 Å². The van der Waals surface area contributed by atoms with E-state index in [0.717, 1.165) is 5.56 Å². The maximum atomic E-state index is 13.4. The molecule has 0 bridgehead atoms. The van der Waals surface area contributed by atoms with E-state index in [1.165, 1.54) is 6.07 Å². The highest BCUT2D eigenvalue weighted by molar-refractivity contribution is 5.80. The van der Waals surface area contributed by atoms with Crippen LogP contribution in [0.25, 0.3) is 0 Å². The van der Waals surface area contributed by atoms with Crippen molar-refractivity contribution in [3.63, 3.8) is 0 Å². The van der Waals surface area contributed by atoms with Crippen molar-refractivity contribution in [2.75, 3.05) is 0 Å². The van der Waals surface area contributed by atoms with Gasteiger partial charge in [0.1, 0.15) is 5.82 Å². The van der Waals surface area contributed by atoms with E-state index >= 15 is 0 Å². The molecule has 0 radical (unpaired) electrons. The van der Waals surface area contributed by atoms with Crippen LogP contribution in [0.1, 0.15) is 24.1 Å². The molecule has 0 aliphatic carbocycles. The number of hydrogen-bond acceptors (Lipinski definition) is 1. The summed E-state index contributed by atoms with van der Waals surface area (Å²) < 4.78 is 13.4. The molecule has 17 heavy (non-hydrogen) atoms. The summed E-state index contributed by atoms with van der Waals surface area (Å²) in [5.41, 5.74) is 1.65. The number of hydrogen-bond donors (Lipinski definition) is 0. The lowest BCUT2D eigenvalue weighted by atomic mass is 10.1. The van der Waals surface area contributed by atoms with Crippen LogP contribution in [0.2, 0.25) is 0 Å². The summed E-state index contributed by atoms with van der Waals surface area (Å²) in [4.78, 5) is 4.36. The summed E-state index contributed by atoms with van der Waals surface area (Å²) in [5.74, 6) is -0.239. The Hall–Kier alpha value is -1.96. The van der Waals surface area contributed by atoms with Crippen LogP contribution in [-0.2, 0) is 0 Å².